The van der Waals surface area contributed by atoms with E-state index in [1.165, 1.54) is 0 Å². The van der Waals surface area contributed by atoms with Gasteiger partial charge in [-0.25, -0.2) is 9.78 Å². The van der Waals surface area contributed by atoms with Gasteiger partial charge in [0, 0.05) is 45.3 Å². The number of carbonyl (C=O) groups is 1. The van der Waals surface area contributed by atoms with E-state index in [0.717, 1.165) is 33.8 Å². The highest BCUT2D eigenvalue weighted by Gasteiger charge is 2.30. The third kappa shape index (κ3) is 6.91. The van der Waals surface area contributed by atoms with Gasteiger partial charge in [-0.1, -0.05) is 6.07 Å². The Balaban J connectivity index is 1.52. The molecule has 12 nitrogen and oxygen atoms in total. The average molecular weight is 585 g/mol. The van der Waals surface area contributed by atoms with Crippen LogP contribution in [-0.4, -0.2) is 97.2 Å². The molecule has 5 rings (SSSR count). The summed E-state index contributed by atoms with van der Waals surface area (Å²) in [5.74, 6) is 1.65. The number of rotatable bonds is 8. The first-order chi connectivity index (χ1) is 19.8. The molecule has 0 aliphatic carbocycles. The molecular weight excluding hydrogens is 544 g/mol. The molecule has 2 saturated heterocycles. The number of nitrogens with two attached hydrogens (primary N) is 1. The Hall–Kier alpha value is -3.42. The second-order valence-electron chi connectivity index (χ2n) is 11.2. The van der Waals surface area contributed by atoms with Crippen molar-refractivity contribution in [1.29, 1.82) is 0 Å². The molecule has 13 heteroatoms. The summed E-state index contributed by atoms with van der Waals surface area (Å²) >= 11 is 1.56. The lowest BCUT2D eigenvalue weighted by Crippen LogP contribution is -2.47. The first kappa shape index (κ1) is 29.1. The van der Waals surface area contributed by atoms with Gasteiger partial charge in [0.2, 0.25) is 11.8 Å². The number of methoxy groups -OCH3 is 1. The van der Waals surface area contributed by atoms with E-state index in [4.69, 9.17) is 34.9 Å². The molecule has 2 aromatic heterocycles. The minimum Gasteiger partial charge on any atom is -0.480 e. The van der Waals surface area contributed by atoms with Crippen molar-refractivity contribution in [3.05, 3.63) is 18.2 Å². The molecule has 0 unspecified atom stereocenters. The molecule has 1 amide bonds. The number of nitrogens with one attached hydrogen (secondary N) is 2. The van der Waals surface area contributed by atoms with Crippen molar-refractivity contribution in [1.82, 2.24) is 19.9 Å². The van der Waals surface area contributed by atoms with Gasteiger partial charge in [0.15, 0.2) is 0 Å². The molecule has 1 aromatic carbocycles. The second kappa shape index (κ2) is 12.6. The molecule has 2 fully saturated rings. The number of amides is 1. The van der Waals surface area contributed by atoms with Crippen molar-refractivity contribution in [2.45, 2.75) is 45.3 Å². The molecular formula is C28H40N8O4S. The van der Waals surface area contributed by atoms with Crippen LogP contribution in [0.3, 0.4) is 0 Å². The van der Waals surface area contributed by atoms with Gasteiger partial charge < -0.3 is 40.4 Å². The third-order valence-corrected chi connectivity index (χ3v) is 7.90. The van der Waals surface area contributed by atoms with Crippen LogP contribution in [0, 0.1) is 0 Å². The zero-order chi connectivity index (χ0) is 29.0. The monoisotopic (exact) mass is 584 g/mol. The van der Waals surface area contributed by atoms with Crippen LogP contribution in [0.1, 0.15) is 33.6 Å². The predicted molar refractivity (Wildman–Crippen MR) is 162 cm³/mol. The summed E-state index contributed by atoms with van der Waals surface area (Å²) in [5, 5.41) is 7.75. The highest BCUT2D eigenvalue weighted by atomic mass is 32.1. The zero-order valence-corrected chi connectivity index (χ0v) is 25.1. The van der Waals surface area contributed by atoms with Crippen molar-refractivity contribution >= 4 is 45.1 Å². The van der Waals surface area contributed by atoms with Crippen LogP contribution in [0.25, 0.3) is 20.8 Å². The molecule has 0 bridgehead atoms. The van der Waals surface area contributed by atoms with Gasteiger partial charge in [-0.3, -0.25) is 0 Å². The average Bonchev–Trinajstić information content (AvgIpc) is 3.40. The number of thiazole rings is 1. The number of hydrogen-bond donors (Lipinski definition) is 3. The lowest BCUT2D eigenvalue weighted by Gasteiger charge is -2.35. The van der Waals surface area contributed by atoms with Crippen LogP contribution in [0.2, 0.25) is 0 Å². The Morgan fingerprint density at radius 3 is 2.73 bits per heavy atom. The number of likely N-dealkylation sites (tertiary alicyclic amines) is 1. The molecule has 1 atom stereocenters. The summed E-state index contributed by atoms with van der Waals surface area (Å²) < 4.78 is 18.1. The number of aromatic nitrogens is 3. The predicted octanol–water partition coefficient (Wildman–Crippen LogP) is 3.78. The number of piperidine rings is 1. The van der Waals surface area contributed by atoms with Crippen LogP contribution in [0.5, 0.6) is 5.88 Å². The van der Waals surface area contributed by atoms with Gasteiger partial charge in [0.05, 0.1) is 30.7 Å². The Labute approximate surface area is 244 Å². The van der Waals surface area contributed by atoms with Gasteiger partial charge in [0.25, 0.3) is 0 Å². The van der Waals surface area contributed by atoms with E-state index < -0.39 is 5.60 Å². The topological polar surface area (TPSA) is 140 Å². The lowest BCUT2D eigenvalue weighted by atomic mass is 10.1. The smallest absolute Gasteiger partial charge is 0.410 e. The summed E-state index contributed by atoms with van der Waals surface area (Å²) in [6.45, 7) is 10.6. The summed E-state index contributed by atoms with van der Waals surface area (Å²) in [6, 6.07) is 6.02. The summed E-state index contributed by atoms with van der Waals surface area (Å²) in [7, 11) is 1.62. The van der Waals surface area contributed by atoms with Crippen molar-refractivity contribution in [3.8, 4) is 16.5 Å². The van der Waals surface area contributed by atoms with Crippen molar-refractivity contribution in [3.63, 3.8) is 0 Å². The van der Waals surface area contributed by atoms with E-state index in [2.05, 4.69) is 15.5 Å². The highest BCUT2D eigenvalue weighted by Crippen LogP contribution is 2.42. The maximum absolute atomic E-state index is 12.9. The second-order valence-corrected chi connectivity index (χ2v) is 12.2. The normalized spacial score (nSPS) is 17.9. The standard InChI is InChI=1S/C28H40N8O4S/c1-28(2,3)40-27(37)36-12-6-7-18(17-36)31-23-21(24(38-4)34-26(33-23)35-13-15-39-16-14-35)25-32-22-19(30-11-10-29)8-5-9-20(22)41-25/h5,8-9,18,30H,6-7,10-17,29H2,1-4H3,(H,31,33,34)/t18-/m1/s1. The van der Waals surface area contributed by atoms with E-state index in [-0.39, 0.29) is 12.1 Å². The van der Waals surface area contributed by atoms with Gasteiger partial charge in [0.1, 0.15) is 27.5 Å². The Morgan fingerprint density at radius 1 is 1.20 bits per heavy atom. The Morgan fingerprint density at radius 2 is 2.00 bits per heavy atom. The largest absolute Gasteiger partial charge is 0.480 e. The molecule has 0 spiro atoms. The van der Waals surface area contributed by atoms with Crippen LogP contribution < -0.4 is 26.0 Å². The van der Waals surface area contributed by atoms with E-state index in [1.807, 2.05) is 39.0 Å². The van der Waals surface area contributed by atoms with Crippen LogP contribution >= 0.6 is 11.3 Å². The highest BCUT2D eigenvalue weighted by molar-refractivity contribution is 7.21. The fourth-order valence-corrected chi connectivity index (χ4v) is 5.99. The van der Waals surface area contributed by atoms with Crippen LogP contribution in [0.15, 0.2) is 18.2 Å². The zero-order valence-electron chi connectivity index (χ0n) is 24.2. The molecule has 4 N–H and O–H groups in total. The van der Waals surface area contributed by atoms with Crippen LogP contribution in [-0.2, 0) is 9.47 Å². The first-order valence-corrected chi connectivity index (χ1v) is 14.9. The molecule has 0 saturated carbocycles. The van der Waals surface area contributed by atoms with Gasteiger partial charge >= 0.3 is 6.09 Å². The number of hydrogen-bond acceptors (Lipinski definition) is 12. The van der Waals surface area contributed by atoms with Gasteiger partial charge in [-0.2, -0.15) is 9.97 Å². The molecule has 4 heterocycles. The van der Waals surface area contributed by atoms with Crippen molar-refractivity contribution in [2.75, 3.05) is 75.1 Å². The number of fused-ring (bicyclic) bond motifs is 1. The quantitative estimate of drug-likeness (QED) is 0.356. The number of anilines is 3. The lowest BCUT2D eigenvalue weighted by molar-refractivity contribution is 0.0206. The fraction of sp³-hybridized carbons (Fsp3) is 0.571. The third-order valence-electron chi connectivity index (χ3n) is 6.86. The number of nitrogens with zero attached hydrogens (tertiary/aromatic N) is 5. The maximum Gasteiger partial charge on any atom is 0.410 e. The van der Waals surface area contributed by atoms with Crippen molar-refractivity contribution in [2.24, 2.45) is 5.73 Å². The number of ether oxygens (including phenoxy) is 3. The number of morpholine rings is 1. The molecule has 3 aromatic rings. The van der Waals surface area contributed by atoms with Gasteiger partial charge in [-0.05, 0) is 45.7 Å². The number of benzene rings is 1. The van der Waals surface area contributed by atoms with E-state index in [9.17, 15) is 4.79 Å². The molecule has 41 heavy (non-hydrogen) atoms. The first-order valence-electron chi connectivity index (χ1n) is 14.1. The minimum absolute atomic E-state index is 0.0386. The summed E-state index contributed by atoms with van der Waals surface area (Å²) in [4.78, 5) is 31.6. The summed E-state index contributed by atoms with van der Waals surface area (Å²) in [6.07, 6.45) is 1.43. The summed E-state index contributed by atoms with van der Waals surface area (Å²) in [5.41, 5.74) is 7.66. The Bertz CT molecular complexity index is 1350. The minimum atomic E-state index is -0.553. The molecule has 2 aliphatic heterocycles. The number of carbonyl (C=O) groups excluding carboxylic acids is 1. The van der Waals surface area contributed by atoms with Crippen molar-refractivity contribution < 1.29 is 19.0 Å². The Kier molecular flexibility index (Phi) is 8.95. The van der Waals surface area contributed by atoms with E-state index >= 15 is 0 Å². The fourth-order valence-electron chi connectivity index (χ4n) is 4.96. The van der Waals surface area contributed by atoms with E-state index in [1.54, 1.807) is 23.3 Å². The van der Waals surface area contributed by atoms with E-state index in [0.29, 0.717) is 75.7 Å². The SMILES string of the molecule is COc1nc(N2CCOCC2)nc(N[C@@H]2CCCN(C(=O)OC(C)(C)C)C2)c1-c1nc2c(NCCN)cccc2s1. The van der Waals surface area contributed by atoms with Gasteiger partial charge in [-0.15, -0.1) is 11.3 Å². The van der Waals surface area contributed by atoms with Crippen LogP contribution in [0.4, 0.5) is 22.2 Å². The molecule has 2 aliphatic rings. The maximum atomic E-state index is 12.9. The molecule has 0 radical (unpaired) electrons. The number of para-hydroxylation sites is 1. The molecule has 222 valence electrons.